The Labute approximate surface area is 100 Å². The largest absolute Gasteiger partial charge is 0.388 e. The Morgan fingerprint density at radius 3 is 2.88 bits per heavy atom. The van der Waals surface area contributed by atoms with Crippen LogP contribution in [0.5, 0.6) is 0 Å². The number of sulfone groups is 1. The number of thiophene rings is 1. The van der Waals surface area contributed by atoms with Crippen LogP contribution in [0.15, 0.2) is 6.07 Å². The molecule has 1 heterocycles. The number of hydrogen-bond acceptors (Lipinski definition) is 4. The third-order valence-electron chi connectivity index (χ3n) is 2.86. The normalized spacial score (nSPS) is 17.4. The Morgan fingerprint density at radius 2 is 2.25 bits per heavy atom. The highest BCUT2D eigenvalue weighted by atomic mass is 32.2. The number of aryl methyl sites for hydroxylation is 2. The lowest BCUT2D eigenvalue weighted by Crippen LogP contribution is -2.07. The van der Waals surface area contributed by atoms with Gasteiger partial charge in [0.2, 0.25) is 0 Å². The molecule has 90 valence electrons. The van der Waals surface area contributed by atoms with E-state index in [1.54, 1.807) is 11.3 Å². The molecule has 0 aliphatic heterocycles. The van der Waals surface area contributed by atoms with Crippen LogP contribution in [-0.4, -0.2) is 25.5 Å². The van der Waals surface area contributed by atoms with Gasteiger partial charge in [0.15, 0.2) is 0 Å². The molecular weight excluding hydrogens is 244 g/mol. The molecule has 3 nitrogen and oxygen atoms in total. The van der Waals surface area contributed by atoms with Crippen molar-refractivity contribution in [2.45, 2.75) is 31.8 Å². The van der Waals surface area contributed by atoms with E-state index >= 15 is 0 Å². The van der Waals surface area contributed by atoms with Gasteiger partial charge in [0.1, 0.15) is 9.84 Å². The highest BCUT2D eigenvalue weighted by Crippen LogP contribution is 2.34. The maximum Gasteiger partial charge on any atom is 0.147 e. The summed E-state index contributed by atoms with van der Waals surface area (Å²) >= 11 is 1.64. The van der Waals surface area contributed by atoms with E-state index in [9.17, 15) is 13.5 Å². The van der Waals surface area contributed by atoms with Crippen molar-refractivity contribution in [3.05, 3.63) is 21.4 Å². The SMILES string of the molecule is CS(=O)(=O)CCC(O)c1cc2c(s1)CCC2. The van der Waals surface area contributed by atoms with E-state index in [1.165, 1.54) is 23.1 Å². The Balaban J connectivity index is 2.01. The third-order valence-corrected chi connectivity index (χ3v) is 5.17. The van der Waals surface area contributed by atoms with Gasteiger partial charge in [-0.3, -0.25) is 0 Å². The molecule has 0 radical (unpaired) electrons. The first-order valence-corrected chi connectivity index (χ1v) is 8.31. The van der Waals surface area contributed by atoms with Gasteiger partial charge >= 0.3 is 0 Å². The minimum absolute atomic E-state index is 0.0523. The smallest absolute Gasteiger partial charge is 0.147 e. The minimum Gasteiger partial charge on any atom is -0.388 e. The highest BCUT2D eigenvalue weighted by molar-refractivity contribution is 7.90. The maximum absolute atomic E-state index is 11.0. The number of aliphatic hydroxyl groups excluding tert-OH is 1. The quantitative estimate of drug-likeness (QED) is 0.896. The summed E-state index contributed by atoms with van der Waals surface area (Å²) in [6, 6.07) is 2.04. The molecule has 0 bridgehead atoms. The summed E-state index contributed by atoms with van der Waals surface area (Å²) in [5, 5.41) is 9.89. The van der Waals surface area contributed by atoms with Crippen LogP contribution in [0.4, 0.5) is 0 Å². The molecule has 0 amide bonds. The molecule has 0 saturated heterocycles. The van der Waals surface area contributed by atoms with Crippen molar-refractivity contribution < 1.29 is 13.5 Å². The average molecular weight is 260 g/mol. The molecular formula is C11H16O3S2. The molecule has 5 heteroatoms. The first-order valence-electron chi connectivity index (χ1n) is 5.43. The van der Waals surface area contributed by atoms with E-state index in [0.717, 1.165) is 17.7 Å². The van der Waals surface area contributed by atoms with Crippen molar-refractivity contribution in [3.63, 3.8) is 0 Å². The molecule has 16 heavy (non-hydrogen) atoms. The minimum atomic E-state index is -2.98. The molecule has 1 N–H and O–H groups in total. The van der Waals surface area contributed by atoms with Gasteiger partial charge in [-0.25, -0.2) is 8.42 Å². The molecule has 0 fully saturated rings. The van der Waals surface area contributed by atoms with Crippen LogP contribution in [-0.2, 0) is 22.7 Å². The van der Waals surface area contributed by atoms with Crippen LogP contribution >= 0.6 is 11.3 Å². The first kappa shape index (κ1) is 12.1. The molecule has 0 saturated carbocycles. The predicted octanol–water partition coefficient (Wildman–Crippen LogP) is 1.70. The summed E-state index contributed by atoms with van der Waals surface area (Å²) in [5.74, 6) is 0.0523. The summed E-state index contributed by atoms with van der Waals surface area (Å²) in [4.78, 5) is 2.29. The topological polar surface area (TPSA) is 54.4 Å². The standard InChI is InChI=1S/C11H16O3S2/c1-16(13,14)6-5-9(12)11-7-8-3-2-4-10(8)15-11/h7,9,12H,2-6H2,1H3. The maximum atomic E-state index is 11.0. The van der Waals surface area contributed by atoms with Gasteiger partial charge in [0.05, 0.1) is 11.9 Å². The Morgan fingerprint density at radius 1 is 1.50 bits per heavy atom. The van der Waals surface area contributed by atoms with Gasteiger partial charge in [-0.15, -0.1) is 11.3 Å². The molecule has 1 aliphatic rings. The summed E-state index contributed by atoms with van der Waals surface area (Å²) in [5.41, 5.74) is 1.35. The molecule has 1 atom stereocenters. The Hall–Kier alpha value is -0.390. The van der Waals surface area contributed by atoms with Crippen LogP contribution in [0.3, 0.4) is 0 Å². The number of aliphatic hydroxyl groups is 1. The molecule has 0 aromatic carbocycles. The van der Waals surface area contributed by atoms with E-state index in [2.05, 4.69) is 0 Å². The number of hydrogen-bond donors (Lipinski definition) is 1. The lowest BCUT2D eigenvalue weighted by Gasteiger charge is -2.07. The van der Waals surface area contributed by atoms with Gasteiger partial charge in [-0.05, 0) is 37.3 Å². The molecule has 1 aliphatic carbocycles. The Kier molecular flexibility index (Phi) is 3.37. The fourth-order valence-electron chi connectivity index (χ4n) is 1.98. The summed E-state index contributed by atoms with van der Waals surface area (Å²) < 4.78 is 22.0. The van der Waals surface area contributed by atoms with Crippen molar-refractivity contribution in [3.8, 4) is 0 Å². The van der Waals surface area contributed by atoms with Crippen LogP contribution in [0, 0.1) is 0 Å². The van der Waals surface area contributed by atoms with Crippen molar-refractivity contribution in [1.29, 1.82) is 0 Å². The van der Waals surface area contributed by atoms with Gasteiger partial charge in [-0.2, -0.15) is 0 Å². The summed E-state index contributed by atoms with van der Waals surface area (Å²) in [6.45, 7) is 0. The van der Waals surface area contributed by atoms with Crippen molar-refractivity contribution >= 4 is 21.2 Å². The molecule has 1 aromatic rings. The molecule has 1 aromatic heterocycles. The van der Waals surface area contributed by atoms with Gasteiger partial charge < -0.3 is 5.11 Å². The van der Waals surface area contributed by atoms with Crippen molar-refractivity contribution in [1.82, 2.24) is 0 Å². The van der Waals surface area contributed by atoms with E-state index in [-0.39, 0.29) is 5.75 Å². The van der Waals surface area contributed by atoms with Crippen molar-refractivity contribution in [2.75, 3.05) is 12.0 Å². The van der Waals surface area contributed by atoms with E-state index < -0.39 is 15.9 Å². The van der Waals surface area contributed by atoms with Gasteiger partial charge in [0, 0.05) is 16.0 Å². The molecule has 2 rings (SSSR count). The second-order valence-electron chi connectivity index (χ2n) is 4.39. The highest BCUT2D eigenvalue weighted by Gasteiger charge is 2.19. The second-order valence-corrected chi connectivity index (χ2v) is 7.81. The second kappa shape index (κ2) is 4.47. The molecule has 0 spiro atoms. The number of rotatable bonds is 4. The van der Waals surface area contributed by atoms with E-state index in [0.29, 0.717) is 6.42 Å². The lowest BCUT2D eigenvalue weighted by atomic mass is 10.2. The van der Waals surface area contributed by atoms with Crippen LogP contribution in [0.2, 0.25) is 0 Å². The number of fused-ring (bicyclic) bond motifs is 1. The zero-order valence-electron chi connectivity index (χ0n) is 9.27. The monoisotopic (exact) mass is 260 g/mol. The van der Waals surface area contributed by atoms with Crippen molar-refractivity contribution in [2.24, 2.45) is 0 Å². The van der Waals surface area contributed by atoms with Gasteiger partial charge in [0.25, 0.3) is 0 Å². The van der Waals surface area contributed by atoms with E-state index in [1.807, 2.05) is 6.07 Å². The average Bonchev–Trinajstić information content (AvgIpc) is 2.71. The lowest BCUT2D eigenvalue weighted by molar-refractivity contribution is 0.178. The fraction of sp³-hybridized carbons (Fsp3) is 0.636. The van der Waals surface area contributed by atoms with Crippen LogP contribution in [0.1, 0.15) is 34.3 Å². The van der Waals surface area contributed by atoms with Crippen LogP contribution in [0.25, 0.3) is 0 Å². The van der Waals surface area contributed by atoms with Crippen LogP contribution < -0.4 is 0 Å². The summed E-state index contributed by atoms with van der Waals surface area (Å²) in [7, 11) is -2.98. The zero-order valence-corrected chi connectivity index (χ0v) is 10.9. The first-order chi connectivity index (χ1) is 7.46. The predicted molar refractivity (Wildman–Crippen MR) is 65.6 cm³/mol. The zero-order chi connectivity index (χ0) is 11.8. The van der Waals surface area contributed by atoms with Gasteiger partial charge in [-0.1, -0.05) is 0 Å². The molecule has 1 unspecified atom stereocenters. The Bertz CT molecular complexity index is 452. The van der Waals surface area contributed by atoms with E-state index in [4.69, 9.17) is 0 Å². The third kappa shape index (κ3) is 2.84. The summed E-state index contributed by atoms with van der Waals surface area (Å²) in [6.07, 6.45) is 4.31. The fourth-order valence-corrected chi connectivity index (χ4v) is 3.91.